The molecule has 1 aliphatic heterocycles. The van der Waals surface area contributed by atoms with Gasteiger partial charge in [-0.1, -0.05) is 30.3 Å². The van der Waals surface area contributed by atoms with E-state index in [1.54, 1.807) is 0 Å². The van der Waals surface area contributed by atoms with Gasteiger partial charge in [0.2, 0.25) is 0 Å². The monoisotopic (exact) mass is 177 g/mol. The number of ether oxygens (including phenoxy) is 1. The lowest BCUT2D eigenvalue weighted by Crippen LogP contribution is -2.45. The molecular formula is C11H15NO. The molecular weight excluding hydrogens is 162 g/mol. The van der Waals surface area contributed by atoms with Crippen molar-refractivity contribution in [3.8, 4) is 0 Å². The number of rotatable bonds is 4. The molecule has 70 valence electrons. The molecule has 2 rings (SSSR count). The Hall–Kier alpha value is -0.860. The Morgan fingerprint density at radius 3 is 2.69 bits per heavy atom. The Balaban J connectivity index is 1.67. The Morgan fingerprint density at radius 1 is 1.31 bits per heavy atom. The topological polar surface area (TPSA) is 21.3 Å². The second-order valence-corrected chi connectivity index (χ2v) is 3.44. The molecule has 1 aromatic carbocycles. The highest BCUT2D eigenvalue weighted by atomic mass is 16.5. The summed E-state index contributed by atoms with van der Waals surface area (Å²) in [7, 11) is 0. The molecule has 0 saturated carbocycles. The Morgan fingerprint density at radius 2 is 2.08 bits per heavy atom. The van der Waals surface area contributed by atoms with Gasteiger partial charge in [0.05, 0.1) is 13.2 Å². The van der Waals surface area contributed by atoms with E-state index in [0.717, 1.165) is 19.8 Å². The minimum Gasteiger partial charge on any atom is -0.375 e. The molecule has 1 unspecified atom stereocenters. The molecule has 0 spiro atoms. The van der Waals surface area contributed by atoms with Crippen LogP contribution in [0, 0.1) is 0 Å². The summed E-state index contributed by atoms with van der Waals surface area (Å²) in [5, 5.41) is 3.31. The van der Waals surface area contributed by atoms with Crippen LogP contribution in [0.15, 0.2) is 30.3 Å². The van der Waals surface area contributed by atoms with Gasteiger partial charge >= 0.3 is 0 Å². The summed E-state index contributed by atoms with van der Waals surface area (Å²) >= 11 is 0. The summed E-state index contributed by atoms with van der Waals surface area (Å²) in [5.41, 5.74) is 1.25. The van der Waals surface area contributed by atoms with Gasteiger partial charge in [-0.2, -0.15) is 0 Å². The van der Waals surface area contributed by atoms with Gasteiger partial charge in [0, 0.05) is 6.04 Å². The quantitative estimate of drug-likeness (QED) is 0.753. The van der Waals surface area contributed by atoms with Crippen molar-refractivity contribution in [1.82, 2.24) is 5.32 Å². The molecule has 0 aliphatic carbocycles. The molecule has 1 N–H and O–H groups in total. The van der Waals surface area contributed by atoms with E-state index in [2.05, 4.69) is 17.4 Å². The van der Waals surface area contributed by atoms with Crippen molar-refractivity contribution >= 4 is 0 Å². The van der Waals surface area contributed by atoms with Gasteiger partial charge in [-0.05, 0) is 18.5 Å². The number of nitrogens with one attached hydrogen (secondary N) is 1. The van der Waals surface area contributed by atoms with Gasteiger partial charge in [-0.15, -0.1) is 0 Å². The van der Waals surface area contributed by atoms with Crippen LogP contribution in [-0.4, -0.2) is 19.2 Å². The van der Waals surface area contributed by atoms with E-state index < -0.39 is 0 Å². The van der Waals surface area contributed by atoms with Crippen molar-refractivity contribution in [2.75, 3.05) is 13.2 Å². The minimum atomic E-state index is 0.601. The van der Waals surface area contributed by atoms with Crippen molar-refractivity contribution in [2.24, 2.45) is 0 Å². The summed E-state index contributed by atoms with van der Waals surface area (Å²) < 4.78 is 5.56. The summed E-state index contributed by atoms with van der Waals surface area (Å²) in [6.07, 6.45) is 1.26. The van der Waals surface area contributed by atoms with Crippen LogP contribution < -0.4 is 5.32 Å². The molecule has 0 amide bonds. The lowest BCUT2D eigenvalue weighted by molar-refractivity contribution is 0.0807. The predicted octanol–water partition coefficient (Wildman–Crippen LogP) is 1.57. The number of benzene rings is 1. The fourth-order valence-electron chi connectivity index (χ4n) is 1.38. The summed E-state index contributed by atoms with van der Waals surface area (Å²) in [6.45, 7) is 2.73. The predicted molar refractivity (Wildman–Crippen MR) is 52.5 cm³/mol. The lowest BCUT2D eigenvalue weighted by atomic mass is 10.1. The highest BCUT2D eigenvalue weighted by Crippen LogP contribution is 2.05. The molecule has 13 heavy (non-hydrogen) atoms. The molecule has 1 aromatic rings. The van der Waals surface area contributed by atoms with Gasteiger partial charge in [0.25, 0.3) is 0 Å². The Labute approximate surface area is 78.9 Å². The average Bonchev–Trinajstić information content (AvgIpc) is 2.11. The second kappa shape index (κ2) is 4.40. The van der Waals surface area contributed by atoms with E-state index in [4.69, 9.17) is 4.74 Å². The van der Waals surface area contributed by atoms with Crippen molar-refractivity contribution in [3.63, 3.8) is 0 Å². The second-order valence-electron chi connectivity index (χ2n) is 3.44. The van der Waals surface area contributed by atoms with Gasteiger partial charge in [-0.3, -0.25) is 0 Å². The van der Waals surface area contributed by atoms with E-state index in [0.29, 0.717) is 6.04 Å². The van der Waals surface area contributed by atoms with Gasteiger partial charge in [0.1, 0.15) is 0 Å². The van der Waals surface area contributed by atoms with Crippen LogP contribution in [0.3, 0.4) is 0 Å². The SMILES string of the molecule is c1ccc(COCC2CCN2)cc1. The zero-order valence-corrected chi connectivity index (χ0v) is 7.70. The van der Waals surface area contributed by atoms with Crippen molar-refractivity contribution in [2.45, 2.75) is 19.1 Å². The fourth-order valence-corrected chi connectivity index (χ4v) is 1.38. The zero-order valence-electron chi connectivity index (χ0n) is 7.70. The van der Waals surface area contributed by atoms with Crippen molar-refractivity contribution in [3.05, 3.63) is 35.9 Å². The van der Waals surface area contributed by atoms with Gasteiger partial charge in [-0.25, -0.2) is 0 Å². The first-order valence-corrected chi connectivity index (χ1v) is 4.80. The fraction of sp³-hybridized carbons (Fsp3) is 0.455. The largest absolute Gasteiger partial charge is 0.375 e. The standard InChI is InChI=1S/C11H15NO/c1-2-4-10(5-3-1)8-13-9-11-6-7-12-11/h1-5,11-12H,6-9H2. The molecule has 1 aliphatic rings. The maximum absolute atomic E-state index is 5.56. The summed E-state index contributed by atoms with van der Waals surface area (Å²) in [5.74, 6) is 0. The summed E-state index contributed by atoms with van der Waals surface area (Å²) in [6, 6.07) is 10.9. The lowest BCUT2D eigenvalue weighted by Gasteiger charge is -2.27. The molecule has 0 aromatic heterocycles. The maximum atomic E-state index is 5.56. The number of hydrogen-bond acceptors (Lipinski definition) is 2. The molecule has 0 bridgehead atoms. The smallest absolute Gasteiger partial charge is 0.0717 e. The third kappa shape index (κ3) is 2.54. The van der Waals surface area contributed by atoms with Crippen LogP contribution in [0.1, 0.15) is 12.0 Å². The van der Waals surface area contributed by atoms with E-state index in [-0.39, 0.29) is 0 Å². The molecule has 1 atom stereocenters. The van der Waals surface area contributed by atoms with Crippen LogP contribution >= 0.6 is 0 Å². The third-order valence-corrected chi connectivity index (χ3v) is 2.36. The highest BCUT2D eigenvalue weighted by Gasteiger charge is 2.15. The first-order chi connectivity index (χ1) is 6.45. The maximum Gasteiger partial charge on any atom is 0.0717 e. The van der Waals surface area contributed by atoms with E-state index >= 15 is 0 Å². The Kier molecular flexibility index (Phi) is 2.95. The Bertz CT molecular complexity index is 244. The summed E-state index contributed by atoms with van der Waals surface area (Å²) in [4.78, 5) is 0. The molecule has 1 fully saturated rings. The molecule has 2 nitrogen and oxygen atoms in total. The van der Waals surface area contributed by atoms with E-state index in [9.17, 15) is 0 Å². The van der Waals surface area contributed by atoms with Crippen LogP contribution in [0.4, 0.5) is 0 Å². The molecule has 0 radical (unpaired) electrons. The van der Waals surface area contributed by atoms with E-state index in [1.807, 2.05) is 18.2 Å². The van der Waals surface area contributed by atoms with Gasteiger partial charge < -0.3 is 10.1 Å². The zero-order chi connectivity index (χ0) is 8.93. The molecule has 1 saturated heterocycles. The molecule has 1 heterocycles. The van der Waals surface area contributed by atoms with Crippen LogP contribution in [-0.2, 0) is 11.3 Å². The van der Waals surface area contributed by atoms with Gasteiger partial charge in [0.15, 0.2) is 0 Å². The van der Waals surface area contributed by atoms with Crippen LogP contribution in [0.2, 0.25) is 0 Å². The first kappa shape index (κ1) is 8.73. The van der Waals surface area contributed by atoms with E-state index in [1.165, 1.54) is 12.0 Å². The highest BCUT2D eigenvalue weighted by molar-refractivity contribution is 5.13. The number of hydrogen-bond donors (Lipinski definition) is 1. The third-order valence-electron chi connectivity index (χ3n) is 2.36. The minimum absolute atomic E-state index is 0.601. The van der Waals surface area contributed by atoms with Crippen LogP contribution in [0.25, 0.3) is 0 Å². The average molecular weight is 177 g/mol. The van der Waals surface area contributed by atoms with Crippen molar-refractivity contribution < 1.29 is 4.74 Å². The first-order valence-electron chi connectivity index (χ1n) is 4.80. The molecule has 2 heteroatoms. The van der Waals surface area contributed by atoms with Crippen molar-refractivity contribution in [1.29, 1.82) is 0 Å². The van der Waals surface area contributed by atoms with Crippen LogP contribution in [0.5, 0.6) is 0 Å². The normalized spacial score (nSPS) is 21.1.